The Morgan fingerprint density at radius 3 is 2.81 bits per heavy atom. The van der Waals surface area contributed by atoms with Gasteiger partial charge in [-0.2, -0.15) is 13.2 Å². The van der Waals surface area contributed by atoms with E-state index in [1.165, 1.54) is 0 Å². The van der Waals surface area contributed by atoms with Gasteiger partial charge in [-0.25, -0.2) is 4.98 Å². The molecule has 16 heavy (non-hydrogen) atoms. The number of halogens is 3. The van der Waals surface area contributed by atoms with E-state index in [1.54, 1.807) is 0 Å². The first kappa shape index (κ1) is 12.5. The van der Waals surface area contributed by atoms with E-state index in [2.05, 4.69) is 9.72 Å². The zero-order valence-corrected chi connectivity index (χ0v) is 8.36. The molecule has 1 rings (SSSR count). The van der Waals surface area contributed by atoms with Gasteiger partial charge in [0, 0.05) is 12.4 Å². The molecule has 1 aromatic rings. The van der Waals surface area contributed by atoms with Crippen LogP contribution in [0.15, 0.2) is 12.4 Å². The van der Waals surface area contributed by atoms with E-state index in [0.29, 0.717) is 0 Å². The van der Waals surface area contributed by atoms with Crippen molar-refractivity contribution >= 4 is 5.97 Å². The fourth-order valence-electron chi connectivity index (χ4n) is 1.15. The summed E-state index contributed by atoms with van der Waals surface area (Å²) in [7, 11) is 1.11. The van der Waals surface area contributed by atoms with Crippen LogP contribution in [0.25, 0.3) is 0 Å². The number of hydrogen-bond donors (Lipinski definition) is 1. The van der Waals surface area contributed by atoms with Crippen molar-refractivity contribution in [2.45, 2.75) is 18.8 Å². The Kier molecular flexibility index (Phi) is 3.53. The average Bonchev–Trinajstić information content (AvgIpc) is 2.63. The van der Waals surface area contributed by atoms with Crippen LogP contribution in [0.4, 0.5) is 13.2 Å². The van der Waals surface area contributed by atoms with Gasteiger partial charge < -0.3 is 15.0 Å². The monoisotopic (exact) mass is 237 g/mol. The van der Waals surface area contributed by atoms with E-state index >= 15 is 0 Å². The van der Waals surface area contributed by atoms with Crippen molar-refractivity contribution in [3.05, 3.63) is 18.2 Å². The maximum Gasteiger partial charge on any atom is 0.449 e. The van der Waals surface area contributed by atoms with Gasteiger partial charge in [-0.15, -0.1) is 0 Å². The van der Waals surface area contributed by atoms with E-state index in [-0.39, 0.29) is 6.54 Å². The molecule has 1 aromatic heterocycles. The minimum atomic E-state index is -4.57. The summed E-state index contributed by atoms with van der Waals surface area (Å²) in [5.41, 5.74) is 5.34. The summed E-state index contributed by atoms with van der Waals surface area (Å²) in [4.78, 5) is 14.1. The van der Waals surface area contributed by atoms with Gasteiger partial charge in [0.15, 0.2) is 0 Å². The van der Waals surface area contributed by atoms with Crippen LogP contribution in [0, 0.1) is 0 Å². The normalized spacial score (nSPS) is 13.6. The summed E-state index contributed by atoms with van der Waals surface area (Å²) >= 11 is 0. The second-order valence-electron chi connectivity index (χ2n) is 3.03. The van der Waals surface area contributed by atoms with E-state index in [4.69, 9.17) is 5.73 Å². The molecular weight excluding hydrogens is 227 g/mol. The average molecular weight is 237 g/mol. The third kappa shape index (κ3) is 2.72. The van der Waals surface area contributed by atoms with Gasteiger partial charge in [0.2, 0.25) is 5.82 Å². The molecule has 0 aromatic carbocycles. The van der Waals surface area contributed by atoms with Crippen LogP contribution in [0.2, 0.25) is 0 Å². The molecule has 1 heterocycles. The van der Waals surface area contributed by atoms with Gasteiger partial charge in [0.05, 0.1) is 13.7 Å². The largest absolute Gasteiger partial charge is 0.468 e. The van der Waals surface area contributed by atoms with Crippen molar-refractivity contribution in [2.75, 3.05) is 7.11 Å². The molecule has 1 atom stereocenters. The molecule has 0 amide bonds. The Hall–Kier alpha value is -1.57. The number of alkyl halides is 3. The molecule has 5 nitrogen and oxygen atoms in total. The van der Waals surface area contributed by atoms with Crippen molar-refractivity contribution in [1.82, 2.24) is 9.55 Å². The molecule has 1 unspecified atom stereocenters. The smallest absolute Gasteiger partial charge is 0.449 e. The van der Waals surface area contributed by atoms with Crippen LogP contribution < -0.4 is 5.73 Å². The summed E-state index contributed by atoms with van der Waals surface area (Å²) < 4.78 is 42.2. The van der Waals surface area contributed by atoms with Crippen LogP contribution in [-0.4, -0.2) is 28.7 Å². The Bertz CT molecular complexity index is 375. The molecule has 2 N–H and O–H groups in total. The summed E-state index contributed by atoms with van der Waals surface area (Å²) in [5.74, 6) is -1.87. The highest BCUT2D eigenvalue weighted by Gasteiger charge is 2.36. The second-order valence-corrected chi connectivity index (χ2v) is 3.03. The van der Waals surface area contributed by atoms with E-state index in [1.807, 2.05) is 0 Å². The molecule has 0 bridgehead atoms. The second kappa shape index (κ2) is 4.52. The zero-order valence-electron chi connectivity index (χ0n) is 8.36. The first-order chi connectivity index (χ1) is 7.36. The topological polar surface area (TPSA) is 70.1 Å². The number of carbonyl (C=O) groups excluding carboxylic acids is 1. The third-order valence-electron chi connectivity index (χ3n) is 1.87. The van der Waals surface area contributed by atoms with Crippen LogP contribution in [0.3, 0.4) is 0 Å². The first-order valence-corrected chi connectivity index (χ1v) is 4.28. The number of nitrogens with two attached hydrogens (primary N) is 1. The van der Waals surface area contributed by atoms with Gasteiger partial charge in [0.25, 0.3) is 0 Å². The number of esters is 1. The Morgan fingerprint density at radius 1 is 1.69 bits per heavy atom. The van der Waals surface area contributed by atoms with Crippen molar-refractivity contribution in [2.24, 2.45) is 5.73 Å². The molecule has 0 aliphatic carbocycles. The van der Waals surface area contributed by atoms with Gasteiger partial charge in [-0.1, -0.05) is 0 Å². The van der Waals surface area contributed by atoms with Crippen molar-refractivity contribution in [3.63, 3.8) is 0 Å². The van der Waals surface area contributed by atoms with Gasteiger partial charge in [0.1, 0.15) is 6.04 Å². The van der Waals surface area contributed by atoms with Crippen molar-refractivity contribution in [1.29, 1.82) is 0 Å². The van der Waals surface area contributed by atoms with E-state index in [9.17, 15) is 18.0 Å². The number of rotatable bonds is 3. The lowest BCUT2D eigenvalue weighted by Crippen LogP contribution is -2.36. The van der Waals surface area contributed by atoms with E-state index in [0.717, 1.165) is 24.1 Å². The standard InChI is InChI=1S/C8H10F3N3O2/c1-16-6(15)5(12)4-14-3-2-13-7(14)8(9,10)11/h2-3,5H,4,12H2,1H3. The van der Waals surface area contributed by atoms with Gasteiger partial charge in [-0.3, -0.25) is 4.79 Å². The molecule has 0 saturated carbocycles. The summed E-state index contributed by atoms with van der Waals surface area (Å²) in [6.07, 6.45) is -2.47. The lowest BCUT2D eigenvalue weighted by Gasteiger charge is -2.13. The SMILES string of the molecule is COC(=O)C(N)Cn1ccnc1C(F)(F)F. The first-order valence-electron chi connectivity index (χ1n) is 4.28. The zero-order chi connectivity index (χ0) is 12.3. The lowest BCUT2D eigenvalue weighted by atomic mass is 10.3. The highest BCUT2D eigenvalue weighted by molar-refractivity contribution is 5.75. The molecule has 8 heteroatoms. The molecule has 0 aliphatic rings. The fraction of sp³-hybridized carbons (Fsp3) is 0.500. The van der Waals surface area contributed by atoms with Gasteiger partial charge >= 0.3 is 12.1 Å². The number of hydrogen-bond acceptors (Lipinski definition) is 4. The highest BCUT2D eigenvalue weighted by Crippen LogP contribution is 2.27. The summed E-state index contributed by atoms with van der Waals surface area (Å²) in [6, 6.07) is -1.15. The number of aromatic nitrogens is 2. The number of carbonyl (C=O) groups is 1. The third-order valence-corrected chi connectivity index (χ3v) is 1.87. The Morgan fingerprint density at radius 2 is 2.31 bits per heavy atom. The maximum atomic E-state index is 12.4. The number of imidazole rings is 1. The minimum absolute atomic E-state index is 0.332. The molecular formula is C8H10F3N3O2. The Balaban J connectivity index is 2.83. The molecule has 0 saturated heterocycles. The highest BCUT2D eigenvalue weighted by atomic mass is 19.4. The van der Waals surface area contributed by atoms with Crippen LogP contribution >= 0.6 is 0 Å². The van der Waals surface area contributed by atoms with Crippen molar-refractivity contribution in [3.8, 4) is 0 Å². The summed E-state index contributed by atoms with van der Waals surface area (Å²) in [5, 5.41) is 0. The number of ether oxygens (including phenoxy) is 1. The molecule has 0 fully saturated rings. The Labute approximate surface area is 89.0 Å². The van der Waals surface area contributed by atoms with Crippen LogP contribution in [0.1, 0.15) is 5.82 Å². The summed E-state index contributed by atoms with van der Waals surface area (Å²) in [6.45, 7) is -0.332. The fourth-order valence-corrected chi connectivity index (χ4v) is 1.15. The molecule has 90 valence electrons. The molecule has 0 aliphatic heterocycles. The molecule has 0 radical (unpaired) electrons. The van der Waals surface area contributed by atoms with Crippen LogP contribution in [0.5, 0.6) is 0 Å². The molecule has 0 spiro atoms. The van der Waals surface area contributed by atoms with E-state index < -0.39 is 24.0 Å². The van der Waals surface area contributed by atoms with Crippen molar-refractivity contribution < 1.29 is 22.7 Å². The predicted molar refractivity (Wildman–Crippen MR) is 47.2 cm³/mol. The maximum absolute atomic E-state index is 12.4. The van der Waals surface area contributed by atoms with Crippen LogP contribution in [-0.2, 0) is 22.3 Å². The number of nitrogens with zero attached hydrogens (tertiary/aromatic N) is 2. The minimum Gasteiger partial charge on any atom is -0.468 e. The lowest BCUT2D eigenvalue weighted by molar-refractivity contribution is -0.149. The van der Waals surface area contributed by atoms with Gasteiger partial charge in [-0.05, 0) is 0 Å². The number of methoxy groups -OCH3 is 1. The predicted octanol–water partition coefficient (Wildman–Crippen LogP) is 0.402. The quantitative estimate of drug-likeness (QED) is 0.772.